The molecule has 1 N–H and O–H groups in total. The topological polar surface area (TPSA) is 15.3 Å². The van der Waals surface area contributed by atoms with Crippen molar-refractivity contribution >= 4 is 0 Å². The highest BCUT2D eigenvalue weighted by molar-refractivity contribution is 5.25. The van der Waals surface area contributed by atoms with Gasteiger partial charge in [-0.15, -0.1) is 0 Å². The van der Waals surface area contributed by atoms with Crippen molar-refractivity contribution in [3.8, 4) is 0 Å². The Bertz CT molecular complexity index is 352. The maximum Gasteiger partial charge on any atom is 0.0107 e. The van der Waals surface area contributed by atoms with Gasteiger partial charge in [0.1, 0.15) is 0 Å². The Hall–Kier alpha value is -0.860. The van der Waals surface area contributed by atoms with Crippen molar-refractivity contribution in [1.29, 1.82) is 0 Å². The standard InChI is InChI=1S/C17H28N2/c1-3-4-16-5-7-17(8-6-16)15(2)9-12-19-13-10-18-11-14-19/h5-8,15,18H,3-4,9-14H2,1-2H3. The van der Waals surface area contributed by atoms with E-state index in [0.29, 0.717) is 5.92 Å². The lowest BCUT2D eigenvalue weighted by Crippen LogP contribution is -2.43. The van der Waals surface area contributed by atoms with Crippen LogP contribution in [0.5, 0.6) is 0 Å². The predicted molar refractivity (Wildman–Crippen MR) is 82.8 cm³/mol. The Balaban J connectivity index is 1.79. The Morgan fingerprint density at radius 2 is 1.84 bits per heavy atom. The molecule has 0 saturated carbocycles. The van der Waals surface area contributed by atoms with Crippen LogP contribution in [-0.2, 0) is 6.42 Å². The number of rotatable bonds is 6. The van der Waals surface area contributed by atoms with Gasteiger partial charge in [-0.25, -0.2) is 0 Å². The molecule has 0 radical (unpaired) electrons. The third kappa shape index (κ3) is 4.63. The average molecular weight is 260 g/mol. The average Bonchev–Trinajstić information content (AvgIpc) is 2.47. The van der Waals surface area contributed by atoms with Gasteiger partial charge in [-0.05, 0) is 36.4 Å². The van der Waals surface area contributed by atoms with Crippen molar-refractivity contribution in [2.45, 2.75) is 39.0 Å². The lowest BCUT2D eigenvalue weighted by atomic mass is 9.96. The molecule has 0 aliphatic carbocycles. The molecule has 1 aromatic carbocycles. The Morgan fingerprint density at radius 3 is 2.47 bits per heavy atom. The third-order valence-corrected chi connectivity index (χ3v) is 4.18. The minimum Gasteiger partial charge on any atom is -0.314 e. The SMILES string of the molecule is CCCc1ccc(C(C)CCN2CCNCC2)cc1. The normalized spacial score (nSPS) is 18.4. The summed E-state index contributed by atoms with van der Waals surface area (Å²) in [5.74, 6) is 0.672. The largest absolute Gasteiger partial charge is 0.314 e. The summed E-state index contributed by atoms with van der Waals surface area (Å²) in [6.45, 7) is 10.6. The number of nitrogens with one attached hydrogen (secondary N) is 1. The summed E-state index contributed by atoms with van der Waals surface area (Å²) in [5, 5.41) is 3.41. The molecule has 106 valence electrons. The maximum absolute atomic E-state index is 3.41. The number of hydrogen-bond acceptors (Lipinski definition) is 2. The maximum atomic E-state index is 3.41. The zero-order valence-electron chi connectivity index (χ0n) is 12.5. The van der Waals surface area contributed by atoms with Crippen LogP contribution >= 0.6 is 0 Å². The van der Waals surface area contributed by atoms with Gasteiger partial charge in [0.15, 0.2) is 0 Å². The van der Waals surface area contributed by atoms with Gasteiger partial charge in [0.2, 0.25) is 0 Å². The van der Waals surface area contributed by atoms with E-state index >= 15 is 0 Å². The summed E-state index contributed by atoms with van der Waals surface area (Å²) < 4.78 is 0. The molecule has 2 nitrogen and oxygen atoms in total. The van der Waals surface area contributed by atoms with Crippen LogP contribution in [0.25, 0.3) is 0 Å². The lowest BCUT2D eigenvalue weighted by Gasteiger charge is -2.28. The molecule has 0 amide bonds. The van der Waals surface area contributed by atoms with Crippen LogP contribution in [-0.4, -0.2) is 37.6 Å². The van der Waals surface area contributed by atoms with Crippen molar-refractivity contribution in [2.75, 3.05) is 32.7 Å². The molecule has 1 aliphatic rings. The van der Waals surface area contributed by atoms with Gasteiger partial charge in [0.05, 0.1) is 0 Å². The van der Waals surface area contributed by atoms with E-state index in [-0.39, 0.29) is 0 Å². The summed E-state index contributed by atoms with van der Waals surface area (Å²) in [4.78, 5) is 2.58. The molecule has 1 unspecified atom stereocenters. The Kier molecular flexibility index (Phi) is 5.87. The van der Waals surface area contributed by atoms with E-state index in [1.807, 2.05) is 0 Å². The van der Waals surface area contributed by atoms with E-state index in [1.54, 1.807) is 0 Å². The molecule has 2 rings (SSSR count). The van der Waals surface area contributed by atoms with Gasteiger partial charge in [-0.1, -0.05) is 44.5 Å². The van der Waals surface area contributed by atoms with Crippen molar-refractivity contribution in [2.24, 2.45) is 0 Å². The van der Waals surface area contributed by atoms with Gasteiger partial charge in [-0.2, -0.15) is 0 Å². The Morgan fingerprint density at radius 1 is 1.16 bits per heavy atom. The zero-order valence-corrected chi connectivity index (χ0v) is 12.5. The summed E-state index contributed by atoms with van der Waals surface area (Å²) in [7, 11) is 0. The molecule has 1 heterocycles. The van der Waals surface area contributed by atoms with Gasteiger partial charge < -0.3 is 10.2 Å². The Labute approximate surface area is 118 Å². The minimum atomic E-state index is 0.672. The first-order valence-corrected chi connectivity index (χ1v) is 7.81. The number of aryl methyl sites for hydroxylation is 1. The van der Waals surface area contributed by atoms with Crippen LogP contribution in [0.2, 0.25) is 0 Å². The fourth-order valence-corrected chi connectivity index (χ4v) is 2.78. The predicted octanol–water partition coefficient (Wildman–Crippen LogP) is 3.04. The number of nitrogens with zero attached hydrogens (tertiary/aromatic N) is 1. The van der Waals surface area contributed by atoms with E-state index in [1.165, 1.54) is 50.0 Å². The molecule has 1 atom stereocenters. The first-order chi connectivity index (χ1) is 9.29. The molecular weight excluding hydrogens is 232 g/mol. The fourth-order valence-electron chi connectivity index (χ4n) is 2.78. The summed E-state index contributed by atoms with van der Waals surface area (Å²) in [5.41, 5.74) is 2.97. The number of benzene rings is 1. The summed E-state index contributed by atoms with van der Waals surface area (Å²) in [6, 6.07) is 9.27. The smallest absolute Gasteiger partial charge is 0.0107 e. The van der Waals surface area contributed by atoms with Gasteiger partial charge in [-0.3, -0.25) is 0 Å². The van der Waals surface area contributed by atoms with E-state index in [0.717, 1.165) is 13.1 Å². The minimum absolute atomic E-state index is 0.672. The molecule has 0 bridgehead atoms. The first kappa shape index (κ1) is 14.5. The van der Waals surface area contributed by atoms with E-state index in [9.17, 15) is 0 Å². The van der Waals surface area contributed by atoms with Crippen molar-refractivity contribution in [3.05, 3.63) is 35.4 Å². The molecule has 1 aliphatic heterocycles. The zero-order chi connectivity index (χ0) is 13.5. The van der Waals surface area contributed by atoms with Crippen LogP contribution in [0.4, 0.5) is 0 Å². The highest BCUT2D eigenvalue weighted by Gasteiger charge is 2.12. The monoisotopic (exact) mass is 260 g/mol. The fraction of sp³-hybridized carbons (Fsp3) is 0.647. The van der Waals surface area contributed by atoms with Gasteiger partial charge in [0, 0.05) is 26.2 Å². The summed E-state index contributed by atoms with van der Waals surface area (Å²) in [6.07, 6.45) is 3.71. The number of hydrogen-bond donors (Lipinski definition) is 1. The van der Waals surface area contributed by atoms with Crippen molar-refractivity contribution in [1.82, 2.24) is 10.2 Å². The molecule has 19 heavy (non-hydrogen) atoms. The molecule has 2 heteroatoms. The van der Waals surface area contributed by atoms with Gasteiger partial charge >= 0.3 is 0 Å². The quantitative estimate of drug-likeness (QED) is 0.846. The molecule has 1 aromatic rings. The molecule has 1 fully saturated rings. The van der Waals surface area contributed by atoms with Crippen LogP contribution in [0, 0.1) is 0 Å². The second-order valence-electron chi connectivity index (χ2n) is 5.77. The lowest BCUT2D eigenvalue weighted by molar-refractivity contribution is 0.234. The van der Waals surface area contributed by atoms with Crippen molar-refractivity contribution in [3.63, 3.8) is 0 Å². The molecule has 1 saturated heterocycles. The van der Waals surface area contributed by atoms with Crippen LogP contribution < -0.4 is 5.32 Å². The summed E-state index contributed by atoms with van der Waals surface area (Å²) >= 11 is 0. The highest BCUT2D eigenvalue weighted by atomic mass is 15.2. The van der Waals surface area contributed by atoms with Crippen LogP contribution in [0.3, 0.4) is 0 Å². The highest BCUT2D eigenvalue weighted by Crippen LogP contribution is 2.20. The van der Waals surface area contributed by atoms with E-state index < -0.39 is 0 Å². The van der Waals surface area contributed by atoms with Gasteiger partial charge in [0.25, 0.3) is 0 Å². The molecule has 0 aromatic heterocycles. The second kappa shape index (κ2) is 7.66. The second-order valence-corrected chi connectivity index (χ2v) is 5.77. The molecule has 0 spiro atoms. The van der Waals surface area contributed by atoms with Crippen LogP contribution in [0.15, 0.2) is 24.3 Å². The van der Waals surface area contributed by atoms with Crippen molar-refractivity contribution < 1.29 is 0 Å². The first-order valence-electron chi connectivity index (χ1n) is 7.81. The molecular formula is C17H28N2. The van der Waals surface area contributed by atoms with E-state index in [4.69, 9.17) is 0 Å². The third-order valence-electron chi connectivity index (χ3n) is 4.18. The van der Waals surface area contributed by atoms with Crippen LogP contribution in [0.1, 0.15) is 43.7 Å². The van der Waals surface area contributed by atoms with E-state index in [2.05, 4.69) is 48.3 Å². The number of piperazine rings is 1.